The zero-order valence-corrected chi connectivity index (χ0v) is 18.1. The summed E-state index contributed by atoms with van der Waals surface area (Å²) in [7, 11) is -2.32. The van der Waals surface area contributed by atoms with E-state index in [9.17, 15) is 13.2 Å². The highest BCUT2D eigenvalue weighted by atomic mass is 79.9. The number of anilines is 2. The Labute approximate surface area is 175 Å². The van der Waals surface area contributed by atoms with Crippen molar-refractivity contribution in [1.82, 2.24) is 4.98 Å². The highest BCUT2D eigenvalue weighted by Gasteiger charge is 2.20. The first kappa shape index (κ1) is 20.3. The van der Waals surface area contributed by atoms with Crippen LogP contribution in [-0.4, -0.2) is 26.4 Å². The molecule has 1 heterocycles. The second-order valence-corrected chi connectivity index (χ2v) is 9.27. The molecule has 0 radical (unpaired) electrons. The first-order chi connectivity index (χ1) is 13.3. The van der Waals surface area contributed by atoms with Crippen LogP contribution in [0.1, 0.15) is 15.4 Å². The predicted octanol–water partition coefficient (Wildman–Crippen LogP) is 4.28. The number of rotatable bonds is 6. The molecule has 0 saturated heterocycles. The number of sulfonamides is 1. The number of carbonyl (C=O) groups is 1. The van der Waals surface area contributed by atoms with Gasteiger partial charge in [0.15, 0.2) is 5.13 Å². The van der Waals surface area contributed by atoms with Gasteiger partial charge in [0.05, 0.1) is 17.7 Å². The molecule has 146 valence electrons. The van der Waals surface area contributed by atoms with E-state index in [-0.39, 0.29) is 15.9 Å². The molecule has 0 spiro atoms. The Balaban J connectivity index is 1.77. The van der Waals surface area contributed by atoms with Gasteiger partial charge in [-0.05, 0) is 55.5 Å². The average molecular weight is 482 g/mol. The lowest BCUT2D eigenvalue weighted by molar-refractivity contribution is 0.103. The van der Waals surface area contributed by atoms with Crippen LogP contribution >= 0.6 is 27.3 Å². The Morgan fingerprint density at radius 2 is 1.75 bits per heavy atom. The number of nitrogens with zero attached hydrogens (tertiary/aromatic N) is 1. The molecule has 0 saturated carbocycles. The van der Waals surface area contributed by atoms with Crippen LogP contribution in [0.2, 0.25) is 0 Å². The molecule has 28 heavy (non-hydrogen) atoms. The lowest BCUT2D eigenvalue weighted by atomic mass is 10.3. The molecule has 0 bridgehead atoms. The third-order valence-electron chi connectivity index (χ3n) is 3.70. The molecule has 0 unspecified atom stereocenters. The second kappa shape index (κ2) is 8.29. The first-order valence-electron chi connectivity index (χ1n) is 8.00. The van der Waals surface area contributed by atoms with E-state index in [1.807, 2.05) is 12.1 Å². The lowest BCUT2D eigenvalue weighted by Crippen LogP contribution is -2.12. The van der Waals surface area contributed by atoms with Crippen LogP contribution in [0.3, 0.4) is 0 Å². The zero-order valence-electron chi connectivity index (χ0n) is 14.9. The van der Waals surface area contributed by atoms with Crippen LogP contribution in [0, 0.1) is 6.92 Å². The van der Waals surface area contributed by atoms with E-state index in [0.717, 1.165) is 15.8 Å². The van der Waals surface area contributed by atoms with Gasteiger partial charge < -0.3 is 10.1 Å². The normalized spacial score (nSPS) is 11.1. The molecule has 2 N–H and O–H groups in total. The summed E-state index contributed by atoms with van der Waals surface area (Å²) in [5.41, 5.74) is 1.06. The van der Waals surface area contributed by atoms with Gasteiger partial charge in [-0.1, -0.05) is 27.3 Å². The largest absolute Gasteiger partial charge is 0.497 e. The van der Waals surface area contributed by atoms with Crippen LogP contribution in [-0.2, 0) is 10.0 Å². The fourth-order valence-electron chi connectivity index (χ4n) is 2.30. The van der Waals surface area contributed by atoms with Crippen LogP contribution in [0.15, 0.2) is 57.9 Å². The molecular weight excluding hydrogens is 466 g/mol. The van der Waals surface area contributed by atoms with Crippen LogP contribution in [0.5, 0.6) is 5.75 Å². The highest BCUT2D eigenvalue weighted by molar-refractivity contribution is 9.10. The summed E-state index contributed by atoms with van der Waals surface area (Å²) in [5, 5.41) is 2.89. The Kier molecular flexibility index (Phi) is 6.01. The number of thiazole rings is 1. The maximum absolute atomic E-state index is 12.5. The van der Waals surface area contributed by atoms with E-state index in [0.29, 0.717) is 22.0 Å². The molecule has 1 aromatic heterocycles. The number of halogens is 1. The minimum Gasteiger partial charge on any atom is -0.497 e. The van der Waals surface area contributed by atoms with Gasteiger partial charge in [-0.25, -0.2) is 13.4 Å². The smallest absolute Gasteiger partial charge is 0.267 e. The summed E-state index contributed by atoms with van der Waals surface area (Å²) < 4.78 is 33.4. The molecule has 2 aromatic carbocycles. The Hall–Kier alpha value is -2.43. The van der Waals surface area contributed by atoms with Gasteiger partial charge >= 0.3 is 0 Å². The van der Waals surface area contributed by atoms with Crippen molar-refractivity contribution in [3.8, 4) is 5.75 Å². The summed E-state index contributed by atoms with van der Waals surface area (Å²) in [4.78, 5) is 17.1. The number of aromatic nitrogens is 1. The summed E-state index contributed by atoms with van der Waals surface area (Å²) in [6, 6.07) is 13.1. The minimum atomic E-state index is -3.83. The number of hydrogen-bond acceptors (Lipinski definition) is 6. The standard InChI is InChI=1S/C18H16BrN3O4S2/c1-11-16(17(23)21-13-5-3-12(19)4-6-13)27-18(20-11)22-28(24,25)15-9-7-14(26-2)8-10-15/h3-10H,1-2H3,(H,20,22)(H,21,23). The summed E-state index contributed by atoms with van der Waals surface area (Å²) in [5.74, 6) is 0.197. The van der Waals surface area contributed by atoms with Crippen molar-refractivity contribution >= 4 is 54.0 Å². The maximum Gasteiger partial charge on any atom is 0.267 e. The zero-order chi connectivity index (χ0) is 20.3. The van der Waals surface area contributed by atoms with Gasteiger partial charge in [-0.3, -0.25) is 9.52 Å². The third-order valence-corrected chi connectivity index (χ3v) is 6.78. The molecule has 0 fully saturated rings. The van der Waals surface area contributed by atoms with E-state index >= 15 is 0 Å². The quantitative estimate of drug-likeness (QED) is 0.547. The third kappa shape index (κ3) is 4.70. The number of hydrogen-bond donors (Lipinski definition) is 2. The number of amides is 1. The average Bonchev–Trinajstić information content (AvgIpc) is 3.03. The van der Waals surface area contributed by atoms with E-state index in [2.05, 4.69) is 31.0 Å². The van der Waals surface area contributed by atoms with Gasteiger partial charge in [-0.15, -0.1) is 0 Å². The van der Waals surface area contributed by atoms with Crippen molar-refractivity contribution in [1.29, 1.82) is 0 Å². The molecule has 0 aliphatic heterocycles. The van der Waals surface area contributed by atoms with Crippen LogP contribution in [0.4, 0.5) is 10.8 Å². The predicted molar refractivity (Wildman–Crippen MR) is 113 cm³/mol. The van der Waals surface area contributed by atoms with Crippen molar-refractivity contribution in [3.05, 3.63) is 63.6 Å². The summed E-state index contributed by atoms with van der Waals surface area (Å²) in [6.07, 6.45) is 0. The highest BCUT2D eigenvalue weighted by Crippen LogP contribution is 2.27. The number of nitrogens with one attached hydrogen (secondary N) is 2. The van der Waals surface area contributed by atoms with Gasteiger partial charge in [0, 0.05) is 10.2 Å². The number of methoxy groups -OCH3 is 1. The van der Waals surface area contributed by atoms with Crippen molar-refractivity contribution in [2.45, 2.75) is 11.8 Å². The van der Waals surface area contributed by atoms with E-state index in [1.54, 1.807) is 31.2 Å². The van der Waals surface area contributed by atoms with Gasteiger partial charge in [0.2, 0.25) is 0 Å². The molecule has 10 heteroatoms. The van der Waals surface area contributed by atoms with Crippen molar-refractivity contribution < 1.29 is 17.9 Å². The molecule has 0 aliphatic rings. The maximum atomic E-state index is 12.5. The molecule has 3 aromatic rings. The fourth-order valence-corrected chi connectivity index (χ4v) is 4.66. The van der Waals surface area contributed by atoms with E-state index < -0.39 is 10.0 Å². The molecule has 0 atom stereocenters. The SMILES string of the molecule is COc1ccc(S(=O)(=O)Nc2nc(C)c(C(=O)Nc3ccc(Br)cc3)s2)cc1. The minimum absolute atomic E-state index is 0.0713. The van der Waals surface area contributed by atoms with Crippen molar-refractivity contribution in [2.75, 3.05) is 17.1 Å². The van der Waals surface area contributed by atoms with E-state index in [1.165, 1.54) is 19.2 Å². The van der Waals surface area contributed by atoms with Crippen molar-refractivity contribution in [3.63, 3.8) is 0 Å². The second-order valence-electron chi connectivity index (χ2n) is 5.68. The molecule has 1 amide bonds. The van der Waals surface area contributed by atoms with Gasteiger partial charge in [-0.2, -0.15) is 0 Å². The Morgan fingerprint density at radius 3 is 2.36 bits per heavy atom. The monoisotopic (exact) mass is 481 g/mol. The first-order valence-corrected chi connectivity index (χ1v) is 11.1. The lowest BCUT2D eigenvalue weighted by Gasteiger charge is -2.06. The Bertz CT molecular complexity index is 1090. The Morgan fingerprint density at radius 1 is 1.11 bits per heavy atom. The molecular formula is C18H16BrN3O4S2. The van der Waals surface area contributed by atoms with Crippen molar-refractivity contribution in [2.24, 2.45) is 0 Å². The number of carbonyl (C=O) groups excluding carboxylic acids is 1. The molecule has 0 aliphatic carbocycles. The molecule has 3 rings (SSSR count). The topological polar surface area (TPSA) is 97.4 Å². The molecule has 7 nitrogen and oxygen atoms in total. The number of aryl methyl sites for hydroxylation is 1. The number of ether oxygens (including phenoxy) is 1. The summed E-state index contributed by atoms with van der Waals surface area (Å²) >= 11 is 4.31. The van der Waals surface area contributed by atoms with Crippen LogP contribution < -0.4 is 14.8 Å². The van der Waals surface area contributed by atoms with E-state index in [4.69, 9.17) is 4.74 Å². The summed E-state index contributed by atoms with van der Waals surface area (Å²) in [6.45, 7) is 1.65. The van der Waals surface area contributed by atoms with Gasteiger partial charge in [0.25, 0.3) is 15.9 Å². The van der Waals surface area contributed by atoms with Gasteiger partial charge in [0.1, 0.15) is 10.6 Å². The number of benzene rings is 2. The van der Waals surface area contributed by atoms with Crippen LogP contribution in [0.25, 0.3) is 0 Å². The fraction of sp³-hybridized carbons (Fsp3) is 0.111.